The number of carbonyl (C=O) groups excluding carboxylic acids is 1. The van der Waals surface area contributed by atoms with Crippen LogP contribution in [-0.2, 0) is 17.9 Å². The first-order chi connectivity index (χ1) is 9.49. The van der Waals surface area contributed by atoms with Crippen molar-refractivity contribution in [3.63, 3.8) is 0 Å². The summed E-state index contributed by atoms with van der Waals surface area (Å²) in [6.45, 7) is 4.41. The van der Waals surface area contributed by atoms with Gasteiger partial charge in [-0.05, 0) is 26.7 Å². The number of amides is 1. The summed E-state index contributed by atoms with van der Waals surface area (Å²) in [5, 5.41) is 0. The number of hydrogen-bond donors (Lipinski definition) is 1. The third-order valence-electron chi connectivity index (χ3n) is 3.55. The van der Waals surface area contributed by atoms with Crippen molar-refractivity contribution in [2.24, 2.45) is 0 Å². The monoisotopic (exact) mass is 280 g/mol. The van der Waals surface area contributed by atoms with Gasteiger partial charge in [0.1, 0.15) is 12.2 Å². The zero-order valence-electron chi connectivity index (χ0n) is 11.8. The van der Waals surface area contributed by atoms with E-state index in [1.165, 1.54) is 10.8 Å². The molecule has 0 bridgehead atoms. The van der Waals surface area contributed by atoms with Crippen molar-refractivity contribution in [2.45, 2.75) is 45.8 Å². The SMILES string of the molecule is CCN(C(=O)Cn1c(=O)c(N)cn(CC)c1=O)C1CC1. The number of nitrogens with zero attached hydrogens (tertiary/aromatic N) is 3. The van der Waals surface area contributed by atoms with Crippen molar-refractivity contribution in [1.82, 2.24) is 14.0 Å². The van der Waals surface area contributed by atoms with Crippen LogP contribution < -0.4 is 17.0 Å². The molecule has 0 spiro atoms. The molecule has 1 amide bonds. The van der Waals surface area contributed by atoms with E-state index in [-0.39, 0.29) is 24.2 Å². The molecule has 7 heteroatoms. The Balaban J connectivity index is 2.33. The third kappa shape index (κ3) is 2.61. The molecular weight excluding hydrogens is 260 g/mol. The van der Waals surface area contributed by atoms with Crippen LogP contribution in [0.4, 0.5) is 5.69 Å². The van der Waals surface area contributed by atoms with Gasteiger partial charge in [-0.1, -0.05) is 0 Å². The van der Waals surface area contributed by atoms with E-state index in [1.807, 2.05) is 6.92 Å². The Labute approximate surface area is 116 Å². The molecule has 1 aromatic heterocycles. The number of carbonyl (C=O) groups is 1. The molecule has 2 N–H and O–H groups in total. The molecule has 7 nitrogen and oxygen atoms in total. The van der Waals surface area contributed by atoms with E-state index in [4.69, 9.17) is 5.73 Å². The van der Waals surface area contributed by atoms with Crippen LogP contribution in [-0.4, -0.2) is 32.5 Å². The number of likely N-dealkylation sites (N-methyl/N-ethyl adjacent to an activating group) is 1. The second-order valence-corrected chi connectivity index (χ2v) is 4.96. The lowest BCUT2D eigenvalue weighted by molar-refractivity contribution is -0.132. The van der Waals surface area contributed by atoms with Crippen molar-refractivity contribution in [1.29, 1.82) is 0 Å². The van der Waals surface area contributed by atoms with Crippen LogP contribution in [0, 0.1) is 0 Å². The molecular formula is C13H20N4O3. The number of nitrogens with two attached hydrogens (primary N) is 1. The van der Waals surface area contributed by atoms with Crippen LogP contribution in [0.5, 0.6) is 0 Å². The molecule has 0 aromatic carbocycles. The maximum atomic E-state index is 12.2. The Morgan fingerprint density at radius 2 is 2.05 bits per heavy atom. The van der Waals surface area contributed by atoms with Crippen molar-refractivity contribution in [3.05, 3.63) is 27.0 Å². The number of hydrogen-bond acceptors (Lipinski definition) is 4. The van der Waals surface area contributed by atoms with Crippen LogP contribution >= 0.6 is 0 Å². The van der Waals surface area contributed by atoms with Crippen molar-refractivity contribution in [3.8, 4) is 0 Å². The van der Waals surface area contributed by atoms with Gasteiger partial charge in [0.15, 0.2) is 0 Å². The molecule has 1 aliphatic carbocycles. The summed E-state index contributed by atoms with van der Waals surface area (Å²) >= 11 is 0. The zero-order chi connectivity index (χ0) is 14.9. The Morgan fingerprint density at radius 3 is 2.55 bits per heavy atom. The van der Waals surface area contributed by atoms with Crippen molar-refractivity contribution < 1.29 is 4.79 Å². The van der Waals surface area contributed by atoms with Crippen molar-refractivity contribution in [2.75, 3.05) is 12.3 Å². The minimum absolute atomic E-state index is 0.0197. The largest absolute Gasteiger partial charge is 0.393 e. The van der Waals surface area contributed by atoms with Gasteiger partial charge in [0.2, 0.25) is 5.91 Å². The van der Waals surface area contributed by atoms with Crippen LogP contribution in [0.1, 0.15) is 26.7 Å². The summed E-state index contributed by atoms with van der Waals surface area (Å²) in [4.78, 5) is 38.0. The van der Waals surface area contributed by atoms with Gasteiger partial charge in [0, 0.05) is 25.3 Å². The maximum absolute atomic E-state index is 12.2. The minimum atomic E-state index is -0.597. The van der Waals surface area contributed by atoms with E-state index < -0.39 is 11.2 Å². The average Bonchev–Trinajstić information content (AvgIpc) is 3.24. The van der Waals surface area contributed by atoms with E-state index in [0.29, 0.717) is 13.1 Å². The van der Waals surface area contributed by atoms with Gasteiger partial charge in [0.05, 0.1) is 0 Å². The molecule has 0 radical (unpaired) electrons. The lowest BCUT2D eigenvalue weighted by Crippen LogP contribution is -2.45. The molecule has 0 saturated heterocycles. The highest BCUT2D eigenvalue weighted by molar-refractivity contribution is 5.76. The number of nitrogen functional groups attached to an aromatic ring is 1. The number of rotatable bonds is 5. The quantitative estimate of drug-likeness (QED) is 0.796. The summed E-state index contributed by atoms with van der Waals surface area (Å²) in [6, 6.07) is 0.262. The van der Waals surface area contributed by atoms with Gasteiger partial charge < -0.3 is 10.6 Å². The van der Waals surface area contributed by atoms with Crippen LogP contribution in [0.15, 0.2) is 15.8 Å². The van der Waals surface area contributed by atoms with Gasteiger partial charge in [-0.15, -0.1) is 0 Å². The van der Waals surface area contributed by atoms with E-state index in [2.05, 4.69) is 0 Å². The van der Waals surface area contributed by atoms with Gasteiger partial charge in [0.25, 0.3) is 5.56 Å². The van der Waals surface area contributed by atoms with Crippen LogP contribution in [0.3, 0.4) is 0 Å². The first-order valence-corrected chi connectivity index (χ1v) is 6.88. The molecule has 0 atom stereocenters. The minimum Gasteiger partial charge on any atom is -0.393 e. The Morgan fingerprint density at radius 1 is 1.40 bits per heavy atom. The second kappa shape index (κ2) is 5.52. The van der Waals surface area contributed by atoms with E-state index in [0.717, 1.165) is 17.4 Å². The molecule has 1 heterocycles. The summed E-state index contributed by atoms with van der Waals surface area (Å²) in [5.74, 6) is -0.206. The first kappa shape index (κ1) is 14.4. The standard InChI is InChI=1S/C13H20N4O3/c1-3-15-7-10(14)12(19)17(13(15)20)8-11(18)16(4-2)9-5-6-9/h7,9H,3-6,8,14H2,1-2H3. The van der Waals surface area contributed by atoms with E-state index >= 15 is 0 Å². The zero-order valence-corrected chi connectivity index (χ0v) is 11.8. The molecule has 1 aromatic rings. The summed E-state index contributed by atoms with van der Waals surface area (Å²) in [7, 11) is 0. The first-order valence-electron chi connectivity index (χ1n) is 6.88. The van der Waals surface area contributed by atoms with Gasteiger partial charge in [-0.2, -0.15) is 0 Å². The molecule has 2 rings (SSSR count). The molecule has 20 heavy (non-hydrogen) atoms. The Bertz CT molecular complexity index is 627. The fourth-order valence-electron chi connectivity index (χ4n) is 2.29. The molecule has 1 saturated carbocycles. The highest BCUT2D eigenvalue weighted by atomic mass is 16.2. The summed E-state index contributed by atoms with van der Waals surface area (Å²) < 4.78 is 2.25. The maximum Gasteiger partial charge on any atom is 0.331 e. The Kier molecular flexibility index (Phi) is 3.96. The number of aryl methyl sites for hydroxylation is 1. The summed E-state index contributed by atoms with van der Waals surface area (Å²) in [6.07, 6.45) is 3.30. The molecule has 110 valence electrons. The predicted molar refractivity (Wildman–Crippen MR) is 75.5 cm³/mol. The third-order valence-corrected chi connectivity index (χ3v) is 3.55. The second-order valence-electron chi connectivity index (χ2n) is 4.96. The number of aromatic nitrogens is 2. The van der Waals surface area contributed by atoms with E-state index in [1.54, 1.807) is 11.8 Å². The lowest BCUT2D eigenvalue weighted by Gasteiger charge is -2.20. The number of anilines is 1. The predicted octanol–water partition coefficient (Wildman–Crippen LogP) is -0.377. The highest BCUT2D eigenvalue weighted by Gasteiger charge is 2.31. The van der Waals surface area contributed by atoms with Gasteiger partial charge in [-0.3, -0.25) is 14.2 Å². The molecule has 0 aliphatic heterocycles. The fraction of sp³-hybridized carbons (Fsp3) is 0.615. The molecule has 1 aliphatic rings. The summed E-state index contributed by atoms with van der Waals surface area (Å²) in [5.41, 5.74) is 4.49. The normalized spacial score (nSPS) is 14.3. The topological polar surface area (TPSA) is 90.3 Å². The smallest absolute Gasteiger partial charge is 0.331 e. The van der Waals surface area contributed by atoms with E-state index in [9.17, 15) is 14.4 Å². The molecule has 1 fully saturated rings. The van der Waals surface area contributed by atoms with Crippen molar-refractivity contribution >= 4 is 11.6 Å². The average molecular weight is 280 g/mol. The molecule has 0 unspecified atom stereocenters. The van der Waals surface area contributed by atoms with Gasteiger partial charge >= 0.3 is 5.69 Å². The fourth-order valence-corrected chi connectivity index (χ4v) is 2.29. The van der Waals surface area contributed by atoms with Crippen LogP contribution in [0.2, 0.25) is 0 Å². The lowest BCUT2D eigenvalue weighted by atomic mass is 10.4. The highest BCUT2D eigenvalue weighted by Crippen LogP contribution is 2.26. The van der Waals surface area contributed by atoms with Crippen LogP contribution in [0.25, 0.3) is 0 Å². The Hall–Kier alpha value is -2.05. The van der Waals surface area contributed by atoms with Gasteiger partial charge in [-0.25, -0.2) is 9.36 Å².